The van der Waals surface area contributed by atoms with Crippen LogP contribution in [0.3, 0.4) is 0 Å². The van der Waals surface area contributed by atoms with E-state index in [0.29, 0.717) is 35.8 Å². The maximum atomic E-state index is 13.4. The highest BCUT2D eigenvalue weighted by Crippen LogP contribution is 2.34. The molecule has 0 spiro atoms. The lowest BCUT2D eigenvalue weighted by Crippen LogP contribution is -2.49. The number of fused-ring (bicyclic) bond motifs is 9. The molecule has 2 fully saturated rings. The highest BCUT2D eigenvalue weighted by atomic mass is 16.5. The third kappa shape index (κ3) is 7.14. The fourth-order valence-electron chi connectivity index (χ4n) is 5.83. The van der Waals surface area contributed by atoms with E-state index in [4.69, 9.17) is 14.2 Å². The summed E-state index contributed by atoms with van der Waals surface area (Å²) < 4.78 is 18.1. The molecule has 7 rings (SSSR count). The van der Waals surface area contributed by atoms with Gasteiger partial charge in [0.25, 0.3) is 0 Å². The van der Waals surface area contributed by atoms with Gasteiger partial charge in [0.1, 0.15) is 11.5 Å². The number of phenols is 1. The third-order valence-corrected chi connectivity index (χ3v) is 8.30. The highest BCUT2D eigenvalue weighted by Gasteiger charge is 2.39. The number of aromatic hydroxyl groups is 1. The van der Waals surface area contributed by atoms with Gasteiger partial charge in [-0.1, -0.05) is 30.3 Å². The van der Waals surface area contributed by atoms with Crippen LogP contribution < -0.4 is 14.8 Å². The maximum Gasteiger partial charge on any atom is 0.240 e. The molecule has 230 valence electrons. The summed E-state index contributed by atoms with van der Waals surface area (Å²) in [6, 6.07) is 19.5. The predicted octanol–water partition coefficient (Wildman–Crippen LogP) is 3.59. The number of likely N-dealkylation sites (tertiary alicyclic amines) is 1. The molecule has 44 heavy (non-hydrogen) atoms. The molecule has 4 aliphatic rings. The number of carbonyl (C=O) groups excluding carboxylic acids is 3. The van der Waals surface area contributed by atoms with Crippen LogP contribution in [-0.2, 0) is 38.6 Å². The van der Waals surface area contributed by atoms with Gasteiger partial charge in [-0.3, -0.25) is 14.4 Å². The Morgan fingerprint density at radius 1 is 1.00 bits per heavy atom. The number of rotatable bonds is 4. The van der Waals surface area contributed by atoms with Crippen molar-refractivity contribution in [2.24, 2.45) is 0 Å². The number of ether oxygens (including phenoxy) is 3. The summed E-state index contributed by atoms with van der Waals surface area (Å²) in [6.07, 6.45) is 2.19. The van der Waals surface area contributed by atoms with Crippen LogP contribution in [0.2, 0.25) is 0 Å². The molecule has 3 heterocycles. The topological polar surface area (TPSA) is 118 Å². The van der Waals surface area contributed by atoms with Crippen molar-refractivity contribution in [1.29, 1.82) is 0 Å². The average Bonchev–Trinajstić information content (AvgIpc) is 3.78. The number of nitrogens with zero attached hydrogens (tertiary/aromatic N) is 2. The molecular weight excluding hydrogens is 562 g/mol. The second-order valence-corrected chi connectivity index (χ2v) is 11.7. The molecule has 1 aliphatic carbocycles. The smallest absolute Gasteiger partial charge is 0.240 e. The van der Waals surface area contributed by atoms with Gasteiger partial charge in [-0.05, 0) is 72.4 Å². The number of methoxy groups -OCH3 is 1. The van der Waals surface area contributed by atoms with E-state index in [1.54, 1.807) is 41.2 Å². The molecule has 0 unspecified atom stereocenters. The Labute approximate surface area is 256 Å². The van der Waals surface area contributed by atoms with Gasteiger partial charge >= 0.3 is 0 Å². The minimum Gasteiger partial charge on any atom is -0.508 e. The highest BCUT2D eigenvalue weighted by molar-refractivity contribution is 5.86. The molecule has 3 aromatic carbocycles. The number of benzene rings is 3. The fourth-order valence-corrected chi connectivity index (χ4v) is 5.83. The molecule has 4 bridgehead atoms. The lowest BCUT2D eigenvalue weighted by Gasteiger charge is -2.25. The van der Waals surface area contributed by atoms with Crippen LogP contribution in [0, 0.1) is 0 Å². The van der Waals surface area contributed by atoms with Crippen LogP contribution in [0.1, 0.15) is 36.0 Å². The lowest BCUT2D eigenvalue weighted by molar-refractivity contribution is -0.137. The molecule has 10 heteroatoms. The van der Waals surface area contributed by atoms with E-state index in [9.17, 15) is 19.5 Å². The molecule has 10 nitrogen and oxygen atoms in total. The Balaban J connectivity index is 1.24. The molecule has 3 aliphatic heterocycles. The van der Waals surface area contributed by atoms with Gasteiger partial charge in [-0.2, -0.15) is 0 Å². The maximum absolute atomic E-state index is 13.4. The SMILES string of the molecule is COc1cc2ccc1Oc1cccc(c1)CO[C@H]1CN(C(=O)Cc3cccc(O)c3)C[C@@H]1NC(=O)CN(C1CC1)C(=O)CC2. The molecule has 2 atom stereocenters. The number of hydrogen-bond donors (Lipinski definition) is 2. The van der Waals surface area contributed by atoms with Crippen LogP contribution in [0.4, 0.5) is 0 Å². The van der Waals surface area contributed by atoms with E-state index in [2.05, 4.69) is 5.32 Å². The van der Waals surface area contributed by atoms with E-state index < -0.39 is 12.1 Å². The summed E-state index contributed by atoms with van der Waals surface area (Å²) in [5.74, 6) is 1.38. The summed E-state index contributed by atoms with van der Waals surface area (Å²) in [7, 11) is 1.58. The number of amides is 3. The summed E-state index contributed by atoms with van der Waals surface area (Å²) in [5.41, 5.74) is 2.51. The number of hydrogen-bond acceptors (Lipinski definition) is 7. The standard InChI is InChI=1S/C34H37N3O7/c1-42-30-16-22-8-12-29(30)44-27-7-3-5-24(15-27)21-43-31-19-36(34(41)17-23-4-2-6-26(38)14-23)18-28(31)35-32(39)20-37(25-10-11-25)33(40)13-9-22/h2-8,12,14-16,25,28,31,38H,9-11,13,17-21H2,1H3,(H,35,39)/t28-,31-/m0/s1. The van der Waals surface area contributed by atoms with Crippen molar-refractivity contribution in [2.45, 2.75) is 56.9 Å². The summed E-state index contributed by atoms with van der Waals surface area (Å²) in [4.78, 5) is 43.3. The van der Waals surface area contributed by atoms with Gasteiger partial charge in [0.2, 0.25) is 17.7 Å². The summed E-state index contributed by atoms with van der Waals surface area (Å²) in [6.45, 7) is 0.781. The molecule has 3 amide bonds. The van der Waals surface area contributed by atoms with Crippen LogP contribution in [0.5, 0.6) is 23.0 Å². The van der Waals surface area contributed by atoms with Crippen molar-refractivity contribution < 1.29 is 33.7 Å². The number of nitrogens with one attached hydrogen (secondary N) is 1. The Morgan fingerprint density at radius 2 is 1.84 bits per heavy atom. The average molecular weight is 600 g/mol. The molecule has 0 radical (unpaired) electrons. The first-order valence-corrected chi connectivity index (χ1v) is 15.0. The van der Waals surface area contributed by atoms with Crippen LogP contribution in [0.15, 0.2) is 66.7 Å². The summed E-state index contributed by atoms with van der Waals surface area (Å²) >= 11 is 0. The van der Waals surface area contributed by atoms with Crippen LogP contribution in [-0.4, -0.2) is 77.6 Å². The van der Waals surface area contributed by atoms with Crippen LogP contribution in [0.25, 0.3) is 0 Å². The quantitative estimate of drug-likeness (QED) is 0.471. The third-order valence-electron chi connectivity index (χ3n) is 8.30. The molecule has 1 saturated heterocycles. The van der Waals surface area contributed by atoms with Crippen molar-refractivity contribution in [3.05, 3.63) is 83.4 Å². The first-order chi connectivity index (χ1) is 21.3. The van der Waals surface area contributed by atoms with Gasteiger partial charge in [-0.25, -0.2) is 0 Å². The number of aryl methyl sites for hydroxylation is 1. The molecular formula is C34H37N3O7. The van der Waals surface area contributed by atoms with Gasteiger partial charge in [0, 0.05) is 25.6 Å². The first kappa shape index (κ1) is 29.5. The van der Waals surface area contributed by atoms with E-state index in [1.807, 2.05) is 42.5 Å². The minimum atomic E-state index is -0.462. The Morgan fingerprint density at radius 3 is 2.64 bits per heavy atom. The van der Waals surface area contributed by atoms with E-state index in [-0.39, 0.29) is 62.1 Å². The Kier molecular flexibility index (Phi) is 8.70. The van der Waals surface area contributed by atoms with Crippen molar-refractivity contribution >= 4 is 17.7 Å². The molecule has 1 saturated carbocycles. The Hall–Kier alpha value is -4.57. The van der Waals surface area contributed by atoms with Crippen molar-refractivity contribution in [3.63, 3.8) is 0 Å². The molecule has 0 aromatic heterocycles. The van der Waals surface area contributed by atoms with Gasteiger partial charge < -0.3 is 34.4 Å². The second kappa shape index (κ2) is 13.0. The zero-order valence-electron chi connectivity index (χ0n) is 24.7. The lowest BCUT2D eigenvalue weighted by atomic mass is 10.1. The van der Waals surface area contributed by atoms with Gasteiger partial charge in [-0.15, -0.1) is 0 Å². The normalized spacial score (nSPS) is 21.0. The van der Waals surface area contributed by atoms with Gasteiger partial charge in [0.15, 0.2) is 11.5 Å². The first-order valence-electron chi connectivity index (χ1n) is 15.0. The molecule has 2 N–H and O–H groups in total. The second-order valence-electron chi connectivity index (χ2n) is 11.7. The zero-order chi connectivity index (χ0) is 30.6. The zero-order valence-corrected chi connectivity index (χ0v) is 24.7. The molecule has 3 aromatic rings. The van der Waals surface area contributed by atoms with Crippen molar-refractivity contribution in [2.75, 3.05) is 26.7 Å². The van der Waals surface area contributed by atoms with E-state index >= 15 is 0 Å². The van der Waals surface area contributed by atoms with E-state index in [0.717, 1.165) is 24.0 Å². The Bertz CT molecular complexity index is 1540. The monoisotopic (exact) mass is 599 g/mol. The van der Waals surface area contributed by atoms with Gasteiger partial charge in [0.05, 0.1) is 38.8 Å². The number of carbonyl (C=O) groups is 3. The van der Waals surface area contributed by atoms with Crippen molar-refractivity contribution in [3.8, 4) is 23.0 Å². The number of phenolic OH excluding ortho intramolecular Hbond substituents is 1. The van der Waals surface area contributed by atoms with Crippen LogP contribution >= 0.6 is 0 Å². The van der Waals surface area contributed by atoms with E-state index in [1.165, 1.54) is 0 Å². The predicted molar refractivity (Wildman–Crippen MR) is 161 cm³/mol. The minimum absolute atomic E-state index is 0.0396. The van der Waals surface area contributed by atoms with Crippen molar-refractivity contribution in [1.82, 2.24) is 15.1 Å². The largest absolute Gasteiger partial charge is 0.508 e. The summed E-state index contributed by atoms with van der Waals surface area (Å²) in [5, 5.41) is 12.9. The fraction of sp³-hybridized carbons (Fsp3) is 0.382.